The highest BCUT2D eigenvalue weighted by atomic mass is 35.5. The van der Waals surface area contributed by atoms with Gasteiger partial charge in [0.15, 0.2) is 0 Å². The molecule has 0 amide bonds. The van der Waals surface area contributed by atoms with Crippen LogP contribution in [0.2, 0.25) is 10.2 Å². The summed E-state index contributed by atoms with van der Waals surface area (Å²) < 4.78 is 5.06. The minimum absolute atomic E-state index is 0.407. The lowest BCUT2D eigenvalue weighted by Crippen LogP contribution is -1.89. The van der Waals surface area contributed by atoms with E-state index in [1.165, 1.54) is 0 Å². The summed E-state index contributed by atoms with van der Waals surface area (Å²) in [6.07, 6.45) is 0. The summed E-state index contributed by atoms with van der Waals surface area (Å²) in [5.74, 6) is 0.498. The van der Waals surface area contributed by atoms with E-state index in [0.29, 0.717) is 16.1 Å². The monoisotopic (exact) mass is 253 g/mol. The molecular formula is C12H9Cl2NO. The van der Waals surface area contributed by atoms with E-state index in [-0.39, 0.29) is 0 Å². The van der Waals surface area contributed by atoms with E-state index in [9.17, 15) is 0 Å². The van der Waals surface area contributed by atoms with Crippen molar-refractivity contribution in [1.29, 1.82) is 0 Å². The molecule has 1 aromatic heterocycles. The number of aromatic nitrogens is 1. The Balaban J connectivity index is 2.47. The molecule has 16 heavy (non-hydrogen) atoms. The molecule has 0 aliphatic carbocycles. The van der Waals surface area contributed by atoms with Gasteiger partial charge < -0.3 is 4.74 Å². The van der Waals surface area contributed by atoms with Gasteiger partial charge in [-0.1, -0.05) is 35.3 Å². The van der Waals surface area contributed by atoms with Crippen LogP contribution in [0.15, 0.2) is 36.4 Å². The predicted molar refractivity (Wildman–Crippen MR) is 66.2 cm³/mol. The highest BCUT2D eigenvalue weighted by Gasteiger charge is 2.03. The molecule has 0 saturated carbocycles. The van der Waals surface area contributed by atoms with Gasteiger partial charge in [0.05, 0.1) is 7.11 Å². The average Bonchev–Trinajstić information content (AvgIpc) is 2.29. The molecule has 1 heterocycles. The first kappa shape index (κ1) is 11.2. The number of pyridine rings is 1. The summed E-state index contributed by atoms with van der Waals surface area (Å²) in [5, 5.41) is 1.11. The summed E-state index contributed by atoms with van der Waals surface area (Å²) in [7, 11) is 1.56. The molecule has 0 aliphatic heterocycles. The first-order valence-electron chi connectivity index (χ1n) is 4.66. The maximum absolute atomic E-state index is 5.89. The zero-order valence-corrected chi connectivity index (χ0v) is 10.1. The van der Waals surface area contributed by atoms with Crippen molar-refractivity contribution in [2.75, 3.05) is 7.11 Å². The number of hydrogen-bond donors (Lipinski definition) is 0. The fourth-order valence-electron chi connectivity index (χ4n) is 1.39. The van der Waals surface area contributed by atoms with Gasteiger partial charge in [-0.3, -0.25) is 0 Å². The second kappa shape index (κ2) is 4.73. The molecule has 0 spiro atoms. The SMILES string of the molecule is COc1cc(-c2ccc(Cl)cc2)cc(Cl)n1. The van der Waals surface area contributed by atoms with Crippen LogP contribution in [-0.4, -0.2) is 12.1 Å². The second-order valence-corrected chi connectivity index (χ2v) is 4.05. The van der Waals surface area contributed by atoms with E-state index in [1.54, 1.807) is 13.2 Å². The largest absolute Gasteiger partial charge is 0.481 e. The molecule has 2 nitrogen and oxygen atoms in total. The quantitative estimate of drug-likeness (QED) is 0.754. The molecule has 4 heteroatoms. The average molecular weight is 254 g/mol. The first-order valence-corrected chi connectivity index (χ1v) is 5.42. The molecule has 0 fully saturated rings. The van der Waals surface area contributed by atoms with E-state index in [2.05, 4.69) is 4.98 Å². The lowest BCUT2D eigenvalue weighted by Gasteiger charge is -2.05. The van der Waals surface area contributed by atoms with Crippen molar-refractivity contribution in [1.82, 2.24) is 4.98 Å². The Kier molecular flexibility index (Phi) is 3.32. The summed E-state index contributed by atoms with van der Waals surface area (Å²) in [5.41, 5.74) is 1.97. The van der Waals surface area contributed by atoms with Crippen molar-refractivity contribution < 1.29 is 4.74 Å². The molecule has 1 aromatic carbocycles. The Hall–Kier alpha value is -1.25. The standard InChI is InChI=1S/C12H9Cl2NO/c1-16-12-7-9(6-11(14)15-12)8-2-4-10(13)5-3-8/h2-7H,1H3. The van der Waals surface area contributed by atoms with Gasteiger partial charge in [-0.05, 0) is 29.3 Å². The molecule has 0 N–H and O–H groups in total. The van der Waals surface area contributed by atoms with E-state index >= 15 is 0 Å². The maximum atomic E-state index is 5.89. The van der Waals surface area contributed by atoms with Crippen LogP contribution >= 0.6 is 23.2 Å². The second-order valence-electron chi connectivity index (χ2n) is 3.23. The Morgan fingerprint density at radius 2 is 1.69 bits per heavy atom. The fraction of sp³-hybridized carbons (Fsp3) is 0.0833. The van der Waals surface area contributed by atoms with E-state index in [0.717, 1.165) is 11.1 Å². The Labute approximate surface area is 104 Å². The van der Waals surface area contributed by atoms with Crippen LogP contribution in [0.3, 0.4) is 0 Å². The highest BCUT2D eigenvalue weighted by molar-refractivity contribution is 6.30. The van der Waals surface area contributed by atoms with E-state index in [1.807, 2.05) is 30.3 Å². The molecule has 2 aromatic rings. The third-order valence-electron chi connectivity index (χ3n) is 2.16. The van der Waals surface area contributed by atoms with Gasteiger partial charge >= 0.3 is 0 Å². The summed E-state index contributed by atoms with van der Waals surface area (Å²) in [4.78, 5) is 4.01. The number of nitrogens with zero attached hydrogens (tertiary/aromatic N) is 1. The van der Waals surface area contributed by atoms with Crippen LogP contribution in [0, 0.1) is 0 Å². The predicted octanol–water partition coefficient (Wildman–Crippen LogP) is 4.06. The van der Waals surface area contributed by atoms with Gasteiger partial charge in [0.25, 0.3) is 0 Å². The molecule has 0 saturated heterocycles. The van der Waals surface area contributed by atoms with Gasteiger partial charge in [-0.25, -0.2) is 4.98 Å². The van der Waals surface area contributed by atoms with Gasteiger partial charge in [0, 0.05) is 11.1 Å². The van der Waals surface area contributed by atoms with Crippen molar-refractivity contribution in [3.05, 3.63) is 46.6 Å². The lowest BCUT2D eigenvalue weighted by atomic mass is 10.1. The van der Waals surface area contributed by atoms with Crippen molar-refractivity contribution in [2.45, 2.75) is 0 Å². The van der Waals surface area contributed by atoms with Crippen LogP contribution in [0.5, 0.6) is 5.88 Å². The maximum Gasteiger partial charge on any atom is 0.214 e. The van der Waals surface area contributed by atoms with Gasteiger partial charge in [0.2, 0.25) is 5.88 Å². The van der Waals surface area contributed by atoms with E-state index in [4.69, 9.17) is 27.9 Å². The third-order valence-corrected chi connectivity index (χ3v) is 2.60. The molecule has 0 radical (unpaired) electrons. The molecule has 82 valence electrons. The van der Waals surface area contributed by atoms with Crippen LogP contribution in [-0.2, 0) is 0 Å². The van der Waals surface area contributed by atoms with Gasteiger partial charge in [-0.15, -0.1) is 0 Å². The zero-order chi connectivity index (χ0) is 11.5. The van der Waals surface area contributed by atoms with E-state index < -0.39 is 0 Å². The normalized spacial score (nSPS) is 10.2. The molecule has 0 bridgehead atoms. The highest BCUT2D eigenvalue weighted by Crippen LogP contribution is 2.26. The minimum atomic E-state index is 0.407. The molecule has 0 aliphatic rings. The molecular weight excluding hydrogens is 245 g/mol. The van der Waals surface area contributed by atoms with Crippen LogP contribution in [0.1, 0.15) is 0 Å². The van der Waals surface area contributed by atoms with Crippen LogP contribution in [0.4, 0.5) is 0 Å². The Bertz CT molecular complexity index is 497. The smallest absolute Gasteiger partial charge is 0.214 e. The van der Waals surface area contributed by atoms with Gasteiger partial charge in [-0.2, -0.15) is 0 Å². The lowest BCUT2D eigenvalue weighted by molar-refractivity contribution is 0.398. The minimum Gasteiger partial charge on any atom is -0.481 e. The summed E-state index contributed by atoms with van der Waals surface area (Å²) >= 11 is 11.7. The number of halogens is 2. The zero-order valence-electron chi connectivity index (χ0n) is 8.58. The van der Waals surface area contributed by atoms with Crippen LogP contribution in [0.25, 0.3) is 11.1 Å². The van der Waals surface area contributed by atoms with Crippen molar-refractivity contribution in [2.24, 2.45) is 0 Å². The number of rotatable bonds is 2. The first-order chi connectivity index (χ1) is 7.69. The summed E-state index contributed by atoms with van der Waals surface area (Å²) in [6, 6.07) is 11.1. The van der Waals surface area contributed by atoms with Crippen molar-refractivity contribution in [3.8, 4) is 17.0 Å². The molecule has 0 unspecified atom stereocenters. The van der Waals surface area contributed by atoms with Crippen molar-refractivity contribution in [3.63, 3.8) is 0 Å². The third kappa shape index (κ3) is 2.46. The molecule has 0 atom stereocenters. The molecule has 2 rings (SSSR count). The number of ether oxygens (including phenoxy) is 1. The summed E-state index contributed by atoms with van der Waals surface area (Å²) in [6.45, 7) is 0. The van der Waals surface area contributed by atoms with Crippen LogP contribution < -0.4 is 4.74 Å². The number of hydrogen-bond acceptors (Lipinski definition) is 2. The van der Waals surface area contributed by atoms with Crippen molar-refractivity contribution >= 4 is 23.2 Å². The fourth-order valence-corrected chi connectivity index (χ4v) is 1.71. The topological polar surface area (TPSA) is 22.1 Å². The Morgan fingerprint density at radius 3 is 2.31 bits per heavy atom. The van der Waals surface area contributed by atoms with Gasteiger partial charge in [0.1, 0.15) is 5.15 Å². The number of benzene rings is 1. The number of methoxy groups -OCH3 is 1. The Morgan fingerprint density at radius 1 is 1.00 bits per heavy atom.